The van der Waals surface area contributed by atoms with Gasteiger partial charge < -0.3 is 10.2 Å². The molecule has 0 radical (unpaired) electrons. The van der Waals surface area contributed by atoms with Crippen LogP contribution in [-0.2, 0) is 4.79 Å². The van der Waals surface area contributed by atoms with Gasteiger partial charge in [0, 0.05) is 12.7 Å². The Labute approximate surface area is 137 Å². The fourth-order valence-electron chi connectivity index (χ4n) is 2.35. The van der Waals surface area contributed by atoms with E-state index in [1.165, 1.54) is 5.39 Å². The molecule has 0 heterocycles. The number of likely N-dealkylation sites (N-methyl/N-ethyl adjacent to an activating group) is 1. The number of benzene rings is 2. The molecule has 0 saturated heterocycles. The van der Waals surface area contributed by atoms with Crippen LogP contribution in [0.5, 0.6) is 0 Å². The lowest BCUT2D eigenvalue weighted by Crippen LogP contribution is -2.51. The number of amides is 1. The maximum atomic E-state index is 12.3. The number of nitrogens with one attached hydrogen (secondary N) is 1. The molecule has 0 aliphatic carbocycles. The van der Waals surface area contributed by atoms with Gasteiger partial charge in [-0.3, -0.25) is 4.79 Å². The van der Waals surface area contributed by atoms with E-state index in [4.69, 9.17) is 0 Å². The summed E-state index contributed by atoms with van der Waals surface area (Å²) in [5.41, 5.74) is 0.128. The van der Waals surface area contributed by atoms with E-state index < -0.39 is 5.54 Å². The molecule has 0 spiro atoms. The number of fused-ring (bicyclic) bond motifs is 1. The number of carbonyl (C=O) groups is 1. The van der Waals surface area contributed by atoms with Crippen LogP contribution in [0.3, 0.4) is 0 Å². The van der Waals surface area contributed by atoms with Crippen molar-refractivity contribution in [2.24, 2.45) is 5.92 Å². The number of hydrogen-bond acceptors (Lipinski definition) is 3. The second-order valence-corrected chi connectivity index (χ2v) is 6.40. The Morgan fingerprint density at radius 1 is 1.26 bits per heavy atom. The van der Waals surface area contributed by atoms with Crippen LogP contribution < -0.4 is 10.2 Å². The molecule has 4 heteroatoms. The molecule has 23 heavy (non-hydrogen) atoms. The quantitative estimate of drug-likeness (QED) is 0.921. The standard InChI is InChI=1S/C19H23N3O/c1-14(2)19(3,13-20)21-18(23)12-22(4)17-10-9-15-7-5-6-8-16(15)11-17/h5-11,14H,12H2,1-4H3,(H,21,23)/t19-/m0/s1. The molecular weight excluding hydrogens is 286 g/mol. The molecule has 0 aromatic heterocycles. The van der Waals surface area contributed by atoms with Crippen LogP contribution >= 0.6 is 0 Å². The average Bonchev–Trinajstić information content (AvgIpc) is 2.53. The summed E-state index contributed by atoms with van der Waals surface area (Å²) in [6.45, 7) is 5.82. The third-order valence-electron chi connectivity index (χ3n) is 4.34. The Bertz CT molecular complexity index is 748. The van der Waals surface area contributed by atoms with Gasteiger partial charge in [-0.05, 0) is 35.7 Å². The maximum absolute atomic E-state index is 12.3. The van der Waals surface area contributed by atoms with E-state index in [1.54, 1.807) is 6.92 Å². The summed E-state index contributed by atoms with van der Waals surface area (Å²) in [7, 11) is 1.88. The van der Waals surface area contributed by atoms with Crippen LogP contribution in [0.15, 0.2) is 42.5 Å². The minimum atomic E-state index is -0.846. The van der Waals surface area contributed by atoms with E-state index in [-0.39, 0.29) is 18.4 Å². The van der Waals surface area contributed by atoms with Gasteiger partial charge in [0.1, 0.15) is 5.54 Å². The maximum Gasteiger partial charge on any atom is 0.240 e. The van der Waals surface area contributed by atoms with Crippen molar-refractivity contribution in [3.63, 3.8) is 0 Å². The molecular formula is C19H23N3O. The van der Waals surface area contributed by atoms with Crippen molar-refractivity contribution in [3.05, 3.63) is 42.5 Å². The zero-order chi connectivity index (χ0) is 17.0. The van der Waals surface area contributed by atoms with Gasteiger partial charge in [0.25, 0.3) is 0 Å². The molecule has 2 aromatic rings. The van der Waals surface area contributed by atoms with Crippen molar-refractivity contribution < 1.29 is 4.79 Å². The molecule has 1 N–H and O–H groups in total. The van der Waals surface area contributed by atoms with Gasteiger partial charge >= 0.3 is 0 Å². The highest BCUT2D eigenvalue weighted by molar-refractivity contribution is 5.87. The Hall–Kier alpha value is -2.54. The first kappa shape index (κ1) is 16.8. The van der Waals surface area contributed by atoms with Crippen molar-refractivity contribution in [1.82, 2.24) is 5.32 Å². The van der Waals surface area contributed by atoms with Gasteiger partial charge in [0.05, 0.1) is 12.6 Å². The van der Waals surface area contributed by atoms with Crippen LogP contribution in [0.25, 0.3) is 10.8 Å². The number of hydrogen-bond donors (Lipinski definition) is 1. The normalized spacial score (nSPS) is 13.4. The average molecular weight is 309 g/mol. The highest BCUT2D eigenvalue weighted by Gasteiger charge is 2.30. The summed E-state index contributed by atoms with van der Waals surface area (Å²) in [5, 5.41) is 14.4. The van der Waals surface area contributed by atoms with Crippen molar-refractivity contribution >= 4 is 22.4 Å². The zero-order valence-corrected chi connectivity index (χ0v) is 14.1. The molecule has 1 amide bonds. The largest absolute Gasteiger partial charge is 0.365 e. The molecule has 0 aliphatic heterocycles. The summed E-state index contributed by atoms with van der Waals surface area (Å²) >= 11 is 0. The van der Waals surface area contributed by atoms with E-state index >= 15 is 0 Å². The lowest BCUT2D eigenvalue weighted by atomic mass is 9.90. The highest BCUT2D eigenvalue weighted by atomic mass is 16.2. The molecule has 2 aromatic carbocycles. The summed E-state index contributed by atoms with van der Waals surface area (Å²) in [4.78, 5) is 14.2. The first-order valence-corrected chi connectivity index (χ1v) is 7.78. The lowest BCUT2D eigenvalue weighted by molar-refractivity contribution is -0.121. The molecule has 120 valence electrons. The predicted molar refractivity (Wildman–Crippen MR) is 94.2 cm³/mol. The fraction of sp³-hybridized carbons (Fsp3) is 0.368. The van der Waals surface area contributed by atoms with Gasteiger partial charge in [-0.25, -0.2) is 0 Å². The SMILES string of the molecule is CC(C)[C@](C)(C#N)NC(=O)CN(C)c1ccc2ccccc2c1. The number of nitriles is 1. The summed E-state index contributed by atoms with van der Waals surface area (Å²) in [6, 6.07) is 16.4. The Kier molecular flexibility index (Phi) is 4.90. The highest BCUT2D eigenvalue weighted by Crippen LogP contribution is 2.21. The topological polar surface area (TPSA) is 56.1 Å². The van der Waals surface area contributed by atoms with E-state index in [2.05, 4.69) is 29.6 Å². The monoisotopic (exact) mass is 309 g/mol. The van der Waals surface area contributed by atoms with Crippen molar-refractivity contribution in [1.29, 1.82) is 5.26 Å². The number of anilines is 1. The van der Waals surface area contributed by atoms with Crippen LogP contribution in [-0.4, -0.2) is 25.0 Å². The number of rotatable bonds is 5. The Morgan fingerprint density at radius 3 is 2.52 bits per heavy atom. The first-order valence-electron chi connectivity index (χ1n) is 7.78. The van der Waals surface area contributed by atoms with E-state index in [1.807, 2.05) is 50.1 Å². The predicted octanol–water partition coefficient (Wildman–Crippen LogP) is 3.33. The van der Waals surface area contributed by atoms with Gasteiger partial charge in [0.2, 0.25) is 5.91 Å². The van der Waals surface area contributed by atoms with E-state index in [0.29, 0.717) is 0 Å². The molecule has 1 atom stereocenters. The third-order valence-corrected chi connectivity index (χ3v) is 4.34. The van der Waals surface area contributed by atoms with Crippen LogP contribution in [0.2, 0.25) is 0 Å². The van der Waals surface area contributed by atoms with Crippen LogP contribution in [0, 0.1) is 17.2 Å². The molecule has 0 bridgehead atoms. The van der Waals surface area contributed by atoms with Crippen molar-refractivity contribution in [2.45, 2.75) is 26.3 Å². The van der Waals surface area contributed by atoms with Gasteiger partial charge in [0.15, 0.2) is 0 Å². The zero-order valence-electron chi connectivity index (χ0n) is 14.1. The first-order chi connectivity index (χ1) is 10.9. The van der Waals surface area contributed by atoms with Crippen LogP contribution in [0.4, 0.5) is 5.69 Å². The second-order valence-electron chi connectivity index (χ2n) is 6.40. The minimum absolute atomic E-state index is 0.0439. The van der Waals surface area contributed by atoms with Gasteiger partial charge in [-0.2, -0.15) is 5.26 Å². The van der Waals surface area contributed by atoms with Crippen LogP contribution in [0.1, 0.15) is 20.8 Å². The summed E-state index contributed by atoms with van der Waals surface area (Å²) < 4.78 is 0. The molecule has 0 aliphatic rings. The number of nitrogens with zero attached hydrogens (tertiary/aromatic N) is 2. The third kappa shape index (κ3) is 3.81. The van der Waals surface area contributed by atoms with E-state index in [0.717, 1.165) is 11.1 Å². The molecule has 4 nitrogen and oxygen atoms in total. The second kappa shape index (κ2) is 6.70. The smallest absolute Gasteiger partial charge is 0.240 e. The van der Waals surface area contributed by atoms with Gasteiger partial charge in [-0.15, -0.1) is 0 Å². The minimum Gasteiger partial charge on any atom is -0.365 e. The fourth-order valence-corrected chi connectivity index (χ4v) is 2.35. The molecule has 0 saturated carbocycles. The lowest BCUT2D eigenvalue weighted by Gasteiger charge is -2.29. The molecule has 2 rings (SSSR count). The summed E-state index contributed by atoms with van der Waals surface area (Å²) in [6.07, 6.45) is 0. The number of carbonyl (C=O) groups excluding carboxylic acids is 1. The van der Waals surface area contributed by atoms with Crippen molar-refractivity contribution in [2.75, 3.05) is 18.5 Å². The summed E-state index contributed by atoms with van der Waals surface area (Å²) in [5.74, 6) is -0.110. The molecule has 0 fully saturated rings. The van der Waals surface area contributed by atoms with Gasteiger partial charge in [-0.1, -0.05) is 44.2 Å². The Morgan fingerprint density at radius 2 is 1.91 bits per heavy atom. The molecule has 0 unspecified atom stereocenters. The van der Waals surface area contributed by atoms with E-state index in [9.17, 15) is 10.1 Å². The Balaban J connectivity index is 2.09. The van der Waals surface area contributed by atoms with Crippen molar-refractivity contribution in [3.8, 4) is 6.07 Å².